The maximum atomic E-state index is 12.1. The van der Waals surface area contributed by atoms with Crippen LogP contribution in [0.1, 0.15) is 37.1 Å². The summed E-state index contributed by atoms with van der Waals surface area (Å²) in [4.78, 5) is 3.95. The van der Waals surface area contributed by atoms with E-state index in [-0.39, 0.29) is 10.3 Å². The topological polar surface area (TPSA) is 79.3 Å². The zero-order chi connectivity index (χ0) is 13.2. The van der Waals surface area contributed by atoms with Gasteiger partial charge in [-0.15, -0.1) is 11.3 Å². The molecule has 1 fully saturated rings. The van der Waals surface area contributed by atoms with E-state index in [1.165, 1.54) is 6.20 Å². The van der Waals surface area contributed by atoms with Gasteiger partial charge in [0, 0.05) is 6.04 Å². The summed E-state index contributed by atoms with van der Waals surface area (Å²) in [7, 11) is -3.54. The molecule has 0 radical (unpaired) electrons. The number of nitrogens with one attached hydrogen (secondary N) is 1. The molecule has 0 aliphatic heterocycles. The molecule has 1 aliphatic rings. The van der Waals surface area contributed by atoms with Crippen LogP contribution in [0.5, 0.6) is 0 Å². The molecule has 2 rings (SSSR count). The van der Waals surface area contributed by atoms with Gasteiger partial charge < -0.3 is 5.11 Å². The van der Waals surface area contributed by atoms with Gasteiger partial charge in [-0.3, -0.25) is 0 Å². The Balaban J connectivity index is 2.11. The van der Waals surface area contributed by atoms with Crippen molar-refractivity contribution >= 4 is 21.4 Å². The van der Waals surface area contributed by atoms with Crippen LogP contribution in [-0.4, -0.2) is 30.7 Å². The van der Waals surface area contributed by atoms with Crippen molar-refractivity contribution < 1.29 is 13.5 Å². The highest BCUT2D eigenvalue weighted by atomic mass is 32.2. The zero-order valence-corrected chi connectivity index (χ0v) is 11.9. The second-order valence-corrected chi connectivity index (χ2v) is 7.81. The van der Waals surface area contributed by atoms with Gasteiger partial charge in [0.2, 0.25) is 0 Å². The second kappa shape index (κ2) is 5.64. The van der Waals surface area contributed by atoms with Crippen molar-refractivity contribution in [3.8, 4) is 0 Å². The van der Waals surface area contributed by atoms with Crippen LogP contribution in [0.25, 0.3) is 0 Å². The van der Waals surface area contributed by atoms with Crippen LogP contribution < -0.4 is 4.72 Å². The largest absolute Gasteiger partial charge is 0.391 e. The third-order valence-electron chi connectivity index (χ3n) is 3.15. The van der Waals surface area contributed by atoms with E-state index in [9.17, 15) is 13.5 Å². The number of rotatable bonds is 3. The lowest BCUT2D eigenvalue weighted by Crippen LogP contribution is -2.42. The molecule has 0 saturated heterocycles. The number of aryl methyl sites for hydroxylation is 1. The molecule has 1 saturated carbocycles. The summed E-state index contributed by atoms with van der Waals surface area (Å²) in [5.74, 6) is 0. The Kier molecular flexibility index (Phi) is 4.37. The average molecular weight is 290 g/mol. The normalized spacial score (nSPS) is 25.9. The van der Waals surface area contributed by atoms with Crippen LogP contribution in [-0.2, 0) is 10.0 Å². The zero-order valence-electron chi connectivity index (χ0n) is 10.3. The van der Waals surface area contributed by atoms with Gasteiger partial charge in [-0.2, -0.15) is 0 Å². The molecule has 0 spiro atoms. The first kappa shape index (κ1) is 13.9. The maximum Gasteiger partial charge on any atom is 0.252 e. The minimum atomic E-state index is -3.54. The Morgan fingerprint density at radius 3 is 2.78 bits per heavy atom. The Morgan fingerprint density at radius 2 is 2.11 bits per heavy atom. The summed E-state index contributed by atoms with van der Waals surface area (Å²) < 4.78 is 27.1. The number of hydrogen-bond acceptors (Lipinski definition) is 5. The maximum absolute atomic E-state index is 12.1. The van der Waals surface area contributed by atoms with Gasteiger partial charge in [0.25, 0.3) is 10.0 Å². The van der Waals surface area contributed by atoms with Gasteiger partial charge >= 0.3 is 0 Å². The van der Waals surface area contributed by atoms with Crippen LogP contribution in [0.2, 0.25) is 0 Å². The monoisotopic (exact) mass is 290 g/mol. The highest BCUT2D eigenvalue weighted by molar-refractivity contribution is 7.91. The fraction of sp³-hybridized carbons (Fsp3) is 0.727. The molecule has 0 bridgehead atoms. The van der Waals surface area contributed by atoms with Crippen molar-refractivity contribution in [2.45, 2.75) is 55.4 Å². The van der Waals surface area contributed by atoms with Crippen molar-refractivity contribution in [2.75, 3.05) is 0 Å². The van der Waals surface area contributed by atoms with Gasteiger partial charge in [-0.05, 0) is 19.8 Å². The highest BCUT2D eigenvalue weighted by Gasteiger charge is 2.27. The molecule has 1 heterocycles. The molecule has 2 atom stereocenters. The Morgan fingerprint density at radius 1 is 1.39 bits per heavy atom. The molecule has 2 N–H and O–H groups in total. The highest BCUT2D eigenvalue weighted by Crippen LogP contribution is 2.22. The lowest BCUT2D eigenvalue weighted by molar-refractivity contribution is 0.130. The van der Waals surface area contributed by atoms with Crippen molar-refractivity contribution in [3.05, 3.63) is 11.2 Å². The predicted octanol–water partition coefficient (Wildman–Crippen LogP) is 1.42. The second-order valence-electron chi connectivity index (χ2n) is 4.63. The van der Waals surface area contributed by atoms with E-state index >= 15 is 0 Å². The van der Waals surface area contributed by atoms with E-state index in [0.29, 0.717) is 12.8 Å². The molecule has 2 unspecified atom stereocenters. The van der Waals surface area contributed by atoms with Crippen molar-refractivity contribution in [1.29, 1.82) is 0 Å². The number of aliphatic hydroxyl groups excluding tert-OH is 1. The SMILES string of the molecule is Cc1ncc(S(=O)(=O)NC2CCCCCC2O)s1. The Hall–Kier alpha value is -0.500. The molecule has 102 valence electrons. The summed E-state index contributed by atoms with van der Waals surface area (Å²) in [6.07, 6.45) is 5.09. The number of aromatic nitrogens is 1. The quantitative estimate of drug-likeness (QED) is 0.825. The van der Waals surface area contributed by atoms with E-state index < -0.39 is 16.1 Å². The standard InChI is InChI=1S/C11H18N2O3S2/c1-8-12-7-11(17-8)18(15,16)13-9-5-3-2-4-6-10(9)14/h7,9-10,13-14H,2-6H2,1H3. The number of nitrogens with zero attached hydrogens (tertiary/aromatic N) is 1. The average Bonchev–Trinajstić information content (AvgIpc) is 2.65. The minimum absolute atomic E-state index is 0.219. The Bertz CT molecular complexity index is 498. The minimum Gasteiger partial charge on any atom is -0.391 e. The number of hydrogen-bond donors (Lipinski definition) is 2. The smallest absolute Gasteiger partial charge is 0.252 e. The number of sulfonamides is 1. The van der Waals surface area contributed by atoms with E-state index in [0.717, 1.165) is 35.6 Å². The first-order valence-corrected chi connectivity index (χ1v) is 8.42. The van der Waals surface area contributed by atoms with Gasteiger partial charge in [-0.1, -0.05) is 19.3 Å². The summed E-state index contributed by atoms with van der Waals surface area (Å²) >= 11 is 1.15. The summed E-state index contributed by atoms with van der Waals surface area (Å²) in [6.45, 7) is 1.77. The number of thiazole rings is 1. The summed E-state index contributed by atoms with van der Waals surface area (Å²) in [6, 6.07) is -0.375. The van der Waals surface area contributed by atoms with E-state index in [1.807, 2.05) is 0 Å². The molecule has 0 aromatic carbocycles. The van der Waals surface area contributed by atoms with Crippen LogP contribution in [0.15, 0.2) is 10.4 Å². The first-order valence-electron chi connectivity index (χ1n) is 6.12. The molecular formula is C11H18N2O3S2. The van der Waals surface area contributed by atoms with Gasteiger partial charge in [-0.25, -0.2) is 18.1 Å². The Labute approximate surface area is 111 Å². The molecule has 18 heavy (non-hydrogen) atoms. The molecule has 7 heteroatoms. The predicted molar refractivity (Wildman–Crippen MR) is 70.1 cm³/mol. The first-order chi connectivity index (χ1) is 8.49. The van der Waals surface area contributed by atoms with Crippen molar-refractivity contribution in [3.63, 3.8) is 0 Å². The van der Waals surface area contributed by atoms with Crippen LogP contribution >= 0.6 is 11.3 Å². The third kappa shape index (κ3) is 3.28. The molecule has 0 amide bonds. The van der Waals surface area contributed by atoms with Crippen molar-refractivity contribution in [1.82, 2.24) is 9.71 Å². The molecule has 1 aliphatic carbocycles. The fourth-order valence-electron chi connectivity index (χ4n) is 2.15. The van der Waals surface area contributed by atoms with Gasteiger partial charge in [0.1, 0.15) is 0 Å². The van der Waals surface area contributed by atoms with Crippen LogP contribution in [0.4, 0.5) is 0 Å². The summed E-state index contributed by atoms with van der Waals surface area (Å²) in [5, 5.41) is 10.6. The number of aliphatic hydroxyl groups is 1. The molecular weight excluding hydrogens is 272 g/mol. The fourth-order valence-corrected chi connectivity index (χ4v) is 4.58. The van der Waals surface area contributed by atoms with Gasteiger partial charge in [0.05, 0.1) is 17.3 Å². The van der Waals surface area contributed by atoms with Crippen LogP contribution in [0.3, 0.4) is 0 Å². The van der Waals surface area contributed by atoms with Crippen molar-refractivity contribution in [2.24, 2.45) is 0 Å². The molecule has 1 aromatic heterocycles. The molecule has 5 nitrogen and oxygen atoms in total. The summed E-state index contributed by atoms with van der Waals surface area (Å²) in [5.41, 5.74) is 0. The van der Waals surface area contributed by atoms with Crippen LogP contribution in [0, 0.1) is 6.92 Å². The van der Waals surface area contributed by atoms with E-state index in [2.05, 4.69) is 9.71 Å². The van der Waals surface area contributed by atoms with E-state index in [4.69, 9.17) is 0 Å². The molecule has 1 aromatic rings. The lowest BCUT2D eigenvalue weighted by atomic mass is 10.1. The van der Waals surface area contributed by atoms with E-state index in [1.54, 1.807) is 6.92 Å². The lowest BCUT2D eigenvalue weighted by Gasteiger charge is -2.20. The third-order valence-corrected chi connectivity index (χ3v) is 6.01. The van der Waals surface area contributed by atoms with Gasteiger partial charge in [0.15, 0.2) is 4.21 Å².